The van der Waals surface area contributed by atoms with Crippen molar-refractivity contribution < 1.29 is 24.2 Å². The second kappa shape index (κ2) is 41.7. The molecule has 0 aliphatic rings. The van der Waals surface area contributed by atoms with E-state index >= 15 is 0 Å². The van der Waals surface area contributed by atoms with Crippen molar-refractivity contribution in [3.63, 3.8) is 0 Å². The molecule has 46 heavy (non-hydrogen) atoms. The molecule has 5 nitrogen and oxygen atoms in total. The lowest BCUT2D eigenvalue weighted by Gasteiger charge is -2.11. The molecule has 0 aromatic heterocycles. The number of esters is 2. The Kier molecular flexibility index (Phi) is 42.3. The first-order valence-electron chi connectivity index (χ1n) is 20.1. The Labute approximate surface area is 287 Å². The summed E-state index contributed by atoms with van der Waals surface area (Å²) in [5.74, 6) is -0.832. The van der Waals surface area contributed by atoms with Gasteiger partial charge in [-0.1, -0.05) is 200 Å². The van der Waals surface area contributed by atoms with Gasteiger partial charge in [0.15, 0.2) is 6.10 Å². The quantitative estimate of drug-likeness (QED) is 0.0419. The third kappa shape index (κ3) is 40.7. The molecule has 1 atom stereocenters. The fraction of sp³-hybridized carbons (Fsp3) is 0.902. The molecule has 0 spiro atoms. The lowest BCUT2D eigenvalue weighted by Crippen LogP contribution is -2.25. The lowest BCUT2D eigenvalue weighted by atomic mass is 10.0. The van der Waals surface area contributed by atoms with Crippen molar-refractivity contribution in [3.8, 4) is 0 Å². The van der Waals surface area contributed by atoms with Crippen LogP contribution in [-0.2, 0) is 19.1 Å². The van der Waals surface area contributed by atoms with Crippen molar-refractivity contribution in [1.82, 2.24) is 0 Å². The molecule has 0 aromatic carbocycles. The monoisotopic (exact) mass is 653 g/mol. The Morgan fingerprint density at radius 1 is 0.522 bits per heavy atom. The summed E-state index contributed by atoms with van der Waals surface area (Å²) in [6.45, 7) is 9.86. The highest BCUT2D eigenvalue weighted by Crippen LogP contribution is 2.15. The summed E-state index contributed by atoms with van der Waals surface area (Å²) in [4.78, 5) is 23.9. The molecule has 1 unspecified atom stereocenters. The molecule has 0 radical (unpaired) electrons. The number of hydrogen-bond donors (Lipinski definition) is 1. The van der Waals surface area contributed by atoms with Crippen LogP contribution in [0, 0.1) is 0 Å². The summed E-state index contributed by atoms with van der Waals surface area (Å²) in [6.07, 6.45) is 39.0. The van der Waals surface area contributed by atoms with Crippen LogP contribution in [-0.4, -0.2) is 36.4 Å². The SMILES string of the molecule is C=CC.CCCCCCCCCCCCCCCCCC(=O)OCCOC(=O)C(O)CCCCCCCCCCCCCCCC. The Hall–Kier alpha value is -1.36. The highest BCUT2D eigenvalue weighted by Gasteiger charge is 2.16. The van der Waals surface area contributed by atoms with Crippen LogP contribution in [0.3, 0.4) is 0 Å². The standard InChI is InChI=1S/C38H74O5.C3H6/c1-3-5-7-9-11-13-15-17-19-21-23-25-27-29-31-33-37(40)42-34-35-43-38(41)36(39)32-30-28-26-24-22-20-18-16-14-12-10-8-6-4-2;1-3-2/h36,39H,3-35H2,1-2H3;3H,1H2,2H3. The van der Waals surface area contributed by atoms with E-state index in [2.05, 4.69) is 20.4 Å². The number of aliphatic hydroxyl groups is 1. The maximum Gasteiger partial charge on any atom is 0.335 e. The maximum atomic E-state index is 12.0. The van der Waals surface area contributed by atoms with Crippen LogP contribution in [0.5, 0.6) is 0 Å². The third-order valence-corrected chi connectivity index (χ3v) is 8.68. The molecular formula is C41H80O5. The van der Waals surface area contributed by atoms with Crippen molar-refractivity contribution in [2.24, 2.45) is 0 Å². The lowest BCUT2D eigenvalue weighted by molar-refractivity contribution is -0.159. The topological polar surface area (TPSA) is 72.8 Å². The van der Waals surface area contributed by atoms with Gasteiger partial charge in [-0.25, -0.2) is 4.79 Å². The van der Waals surface area contributed by atoms with E-state index in [1.54, 1.807) is 6.08 Å². The summed E-state index contributed by atoms with van der Waals surface area (Å²) in [7, 11) is 0. The van der Waals surface area contributed by atoms with Gasteiger partial charge in [0.05, 0.1) is 0 Å². The molecule has 0 heterocycles. The second-order valence-electron chi connectivity index (χ2n) is 13.4. The van der Waals surface area contributed by atoms with E-state index in [0.29, 0.717) is 12.8 Å². The van der Waals surface area contributed by atoms with Gasteiger partial charge in [0.25, 0.3) is 0 Å². The molecule has 5 heteroatoms. The molecular weight excluding hydrogens is 572 g/mol. The van der Waals surface area contributed by atoms with Crippen LogP contribution >= 0.6 is 0 Å². The Morgan fingerprint density at radius 2 is 0.804 bits per heavy atom. The highest BCUT2D eigenvalue weighted by atomic mass is 16.6. The third-order valence-electron chi connectivity index (χ3n) is 8.68. The minimum Gasteiger partial charge on any atom is -0.462 e. The van der Waals surface area contributed by atoms with Crippen LogP contribution in [0.1, 0.15) is 220 Å². The van der Waals surface area contributed by atoms with E-state index in [1.807, 2.05) is 6.92 Å². The normalized spacial score (nSPS) is 11.5. The summed E-state index contributed by atoms with van der Waals surface area (Å²) in [5, 5.41) is 10.0. The van der Waals surface area contributed by atoms with Gasteiger partial charge in [-0.05, 0) is 19.8 Å². The van der Waals surface area contributed by atoms with Crippen LogP contribution in [0.4, 0.5) is 0 Å². The Morgan fingerprint density at radius 3 is 1.15 bits per heavy atom. The van der Waals surface area contributed by atoms with E-state index in [0.717, 1.165) is 32.1 Å². The number of hydrogen-bond acceptors (Lipinski definition) is 5. The van der Waals surface area contributed by atoms with Crippen molar-refractivity contribution in [1.29, 1.82) is 0 Å². The predicted octanol–water partition coefficient (Wildman–Crippen LogP) is 12.8. The van der Waals surface area contributed by atoms with Crippen LogP contribution in [0.2, 0.25) is 0 Å². The van der Waals surface area contributed by atoms with Crippen molar-refractivity contribution in [2.75, 3.05) is 13.2 Å². The van der Waals surface area contributed by atoms with Crippen LogP contribution < -0.4 is 0 Å². The molecule has 0 bridgehead atoms. The average Bonchev–Trinajstić information content (AvgIpc) is 3.05. The Bertz CT molecular complexity index is 620. The van der Waals surface area contributed by atoms with E-state index in [9.17, 15) is 14.7 Å². The van der Waals surface area contributed by atoms with Gasteiger partial charge >= 0.3 is 11.9 Å². The summed E-state index contributed by atoms with van der Waals surface area (Å²) < 4.78 is 10.3. The summed E-state index contributed by atoms with van der Waals surface area (Å²) in [6, 6.07) is 0. The van der Waals surface area contributed by atoms with Gasteiger partial charge in [0.2, 0.25) is 0 Å². The molecule has 0 amide bonds. The van der Waals surface area contributed by atoms with Gasteiger partial charge in [-0.15, -0.1) is 6.58 Å². The van der Waals surface area contributed by atoms with E-state index in [4.69, 9.17) is 9.47 Å². The number of aliphatic hydroxyl groups excluding tert-OH is 1. The molecule has 0 saturated carbocycles. The molecule has 0 fully saturated rings. The first kappa shape index (κ1) is 46.8. The maximum absolute atomic E-state index is 12.0. The molecule has 0 aliphatic carbocycles. The van der Waals surface area contributed by atoms with E-state index < -0.39 is 12.1 Å². The van der Waals surface area contributed by atoms with Crippen molar-refractivity contribution in [2.45, 2.75) is 226 Å². The van der Waals surface area contributed by atoms with E-state index in [1.165, 1.54) is 154 Å². The average molecular weight is 653 g/mol. The van der Waals surface area contributed by atoms with E-state index in [-0.39, 0.29) is 19.2 Å². The first-order chi connectivity index (χ1) is 22.5. The molecule has 0 rings (SSSR count). The fourth-order valence-electron chi connectivity index (χ4n) is 5.76. The molecule has 0 saturated heterocycles. The molecule has 0 aromatic rings. The van der Waals surface area contributed by atoms with Crippen molar-refractivity contribution in [3.05, 3.63) is 12.7 Å². The van der Waals surface area contributed by atoms with Gasteiger partial charge in [0, 0.05) is 6.42 Å². The summed E-state index contributed by atoms with van der Waals surface area (Å²) in [5.41, 5.74) is 0. The molecule has 1 N–H and O–H groups in total. The number of ether oxygens (including phenoxy) is 2. The Balaban J connectivity index is 0. The van der Waals surface area contributed by atoms with Gasteiger partial charge < -0.3 is 14.6 Å². The molecule has 0 aliphatic heterocycles. The smallest absolute Gasteiger partial charge is 0.335 e. The van der Waals surface area contributed by atoms with Gasteiger partial charge in [0.1, 0.15) is 13.2 Å². The zero-order chi connectivity index (χ0) is 34.2. The number of unbranched alkanes of at least 4 members (excludes halogenated alkanes) is 27. The minimum absolute atomic E-state index is 0.0131. The fourth-order valence-corrected chi connectivity index (χ4v) is 5.76. The largest absolute Gasteiger partial charge is 0.462 e. The molecule has 274 valence electrons. The van der Waals surface area contributed by atoms with Gasteiger partial charge in [-0.2, -0.15) is 0 Å². The number of rotatable bonds is 35. The first-order valence-corrected chi connectivity index (χ1v) is 20.1. The number of allylic oxidation sites excluding steroid dienone is 1. The number of carbonyl (C=O) groups is 2. The van der Waals surface area contributed by atoms with Crippen LogP contribution in [0.15, 0.2) is 12.7 Å². The van der Waals surface area contributed by atoms with Crippen molar-refractivity contribution >= 4 is 11.9 Å². The number of carbonyl (C=O) groups excluding carboxylic acids is 2. The predicted molar refractivity (Wildman–Crippen MR) is 198 cm³/mol. The van der Waals surface area contributed by atoms with Crippen LogP contribution in [0.25, 0.3) is 0 Å². The van der Waals surface area contributed by atoms with Gasteiger partial charge in [-0.3, -0.25) is 4.79 Å². The second-order valence-corrected chi connectivity index (χ2v) is 13.4. The summed E-state index contributed by atoms with van der Waals surface area (Å²) >= 11 is 0. The highest BCUT2D eigenvalue weighted by molar-refractivity contribution is 5.74. The zero-order valence-corrected chi connectivity index (χ0v) is 31.3. The minimum atomic E-state index is -1.08. The zero-order valence-electron chi connectivity index (χ0n) is 31.3.